The number of hydrogen-bond donors (Lipinski definition) is 2. The van der Waals surface area contributed by atoms with E-state index in [2.05, 4.69) is 17.3 Å². The molecule has 1 aliphatic rings. The molecule has 1 fully saturated rings. The van der Waals surface area contributed by atoms with Crippen LogP contribution in [-0.2, 0) is 0 Å². The Morgan fingerprint density at radius 1 is 1.53 bits per heavy atom. The van der Waals surface area contributed by atoms with Crippen LogP contribution in [0, 0.1) is 13.8 Å². The summed E-state index contributed by atoms with van der Waals surface area (Å²) in [7, 11) is 0. The summed E-state index contributed by atoms with van der Waals surface area (Å²) in [4.78, 5) is 0. The third-order valence-electron chi connectivity index (χ3n) is 4.22. The van der Waals surface area contributed by atoms with Crippen molar-refractivity contribution < 1.29 is 5.11 Å². The van der Waals surface area contributed by atoms with Crippen LogP contribution >= 0.6 is 11.6 Å². The van der Waals surface area contributed by atoms with Crippen LogP contribution in [0.15, 0.2) is 0 Å². The van der Waals surface area contributed by atoms with E-state index in [0.29, 0.717) is 6.04 Å². The van der Waals surface area contributed by atoms with Gasteiger partial charge < -0.3 is 10.4 Å². The van der Waals surface area contributed by atoms with Crippen LogP contribution < -0.4 is 5.32 Å². The standard InChI is InChI=1S/C14H24ClN3O/c1-4-7-16-14(9-19)6-5-12(8-14)18-11(3)13(15)10(2)17-18/h12,16,19H,4-9H2,1-3H3. The van der Waals surface area contributed by atoms with E-state index in [-0.39, 0.29) is 12.1 Å². The minimum atomic E-state index is -0.139. The van der Waals surface area contributed by atoms with Gasteiger partial charge in [-0.15, -0.1) is 0 Å². The summed E-state index contributed by atoms with van der Waals surface area (Å²) in [5.41, 5.74) is 1.79. The highest BCUT2D eigenvalue weighted by Crippen LogP contribution is 2.39. The molecule has 2 atom stereocenters. The van der Waals surface area contributed by atoms with Gasteiger partial charge in [0, 0.05) is 5.54 Å². The van der Waals surface area contributed by atoms with Gasteiger partial charge in [-0.25, -0.2) is 0 Å². The van der Waals surface area contributed by atoms with Gasteiger partial charge in [-0.3, -0.25) is 4.68 Å². The summed E-state index contributed by atoms with van der Waals surface area (Å²) >= 11 is 6.22. The molecule has 0 aliphatic heterocycles. The number of aliphatic hydroxyl groups excluding tert-OH is 1. The first kappa shape index (κ1) is 14.8. The predicted octanol–water partition coefficient (Wildman–Crippen LogP) is 2.61. The third-order valence-corrected chi connectivity index (χ3v) is 4.76. The zero-order chi connectivity index (χ0) is 14.0. The lowest BCUT2D eigenvalue weighted by atomic mass is 9.98. The summed E-state index contributed by atoms with van der Waals surface area (Å²) in [5, 5.41) is 18.5. The molecule has 0 amide bonds. The van der Waals surface area contributed by atoms with E-state index >= 15 is 0 Å². The summed E-state index contributed by atoms with van der Waals surface area (Å²) < 4.78 is 2.04. The fraction of sp³-hybridized carbons (Fsp3) is 0.786. The van der Waals surface area contributed by atoms with Gasteiger partial charge in [-0.2, -0.15) is 5.10 Å². The lowest BCUT2D eigenvalue weighted by Crippen LogP contribution is -2.46. The third kappa shape index (κ3) is 2.81. The Morgan fingerprint density at radius 2 is 2.26 bits per heavy atom. The number of hydrogen-bond acceptors (Lipinski definition) is 3. The first-order valence-electron chi connectivity index (χ1n) is 7.10. The first-order valence-corrected chi connectivity index (χ1v) is 7.48. The minimum absolute atomic E-state index is 0.139. The number of halogens is 1. The zero-order valence-electron chi connectivity index (χ0n) is 12.0. The van der Waals surface area contributed by atoms with Crippen LogP contribution in [-0.4, -0.2) is 33.6 Å². The van der Waals surface area contributed by atoms with E-state index in [0.717, 1.165) is 48.6 Å². The highest BCUT2D eigenvalue weighted by Gasteiger charge is 2.39. The van der Waals surface area contributed by atoms with E-state index in [1.165, 1.54) is 0 Å². The SMILES string of the molecule is CCCNC1(CO)CCC(n2nc(C)c(Cl)c2C)C1. The molecule has 2 rings (SSSR count). The van der Waals surface area contributed by atoms with E-state index < -0.39 is 0 Å². The van der Waals surface area contributed by atoms with Crippen molar-refractivity contribution in [2.24, 2.45) is 0 Å². The number of aryl methyl sites for hydroxylation is 1. The Kier molecular flexibility index (Phi) is 4.54. The molecule has 0 saturated heterocycles. The summed E-state index contributed by atoms with van der Waals surface area (Å²) in [6.07, 6.45) is 4.03. The largest absolute Gasteiger partial charge is 0.394 e. The van der Waals surface area contributed by atoms with Crippen LogP contribution in [0.3, 0.4) is 0 Å². The van der Waals surface area contributed by atoms with Gasteiger partial charge in [0.2, 0.25) is 0 Å². The van der Waals surface area contributed by atoms with Crippen LogP contribution in [0.4, 0.5) is 0 Å². The van der Waals surface area contributed by atoms with Crippen molar-refractivity contribution in [1.82, 2.24) is 15.1 Å². The number of nitrogens with zero attached hydrogens (tertiary/aromatic N) is 2. The fourth-order valence-electron chi connectivity index (χ4n) is 3.06. The van der Waals surface area contributed by atoms with Gasteiger partial charge in [-0.05, 0) is 46.1 Å². The molecular weight excluding hydrogens is 262 g/mol. The van der Waals surface area contributed by atoms with Crippen molar-refractivity contribution >= 4 is 11.6 Å². The van der Waals surface area contributed by atoms with Gasteiger partial charge in [-0.1, -0.05) is 18.5 Å². The van der Waals surface area contributed by atoms with Gasteiger partial charge in [0.15, 0.2) is 0 Å². The van der Waals surface area contributed by atoms with E-state index in [1.54, 1.807) is 0 Å². The van der Waals surface area contributed by atoms with Crippen molar-refractivity contribution in [3.8, 4) is 0 Å². The maximum absolute atomic E-state index is 9.72. The van der Waals surface area contributed by atoms with Gasteiger partial charge in [0.1, 0.15) is 0 Å². The maximum Gasteiger partial charge on any atom is 0.0844 e. The zero-order valence-corrected chi connectivity index (χ0v) is 12.8. The van der Waals surface area contributed by atoms with Gasteiger partial charge >= 0.3 is 0 Å². The lowest BCUT2D eigenvalue weighted by molar-refractivity contribution is 0.160. The quantitative estimate of drug-likeness (QED) is 0.874. The van der Waals surface area contributed by atoms with Crippen LogP contribution in [0.2, 0.25) is 5.02 Å². The molecule has 1 aliphatic carbocycles. The highest BCUT2D eigenvalue weighted by atomic mass is 35.5. The predicted molar refractivity (Wildman–Crippen MR) is 77.7 cm³/mol. The Hall–Kier alpha value is -0.580. The van der Waals surface area contributed by atoms with Crippen LogP contribution in [0.1, 0.15) is 50.0 Å². The Balaban J connectivity index is 2.14. The molecule has 108 valence electrons. The monoisotopic (exact) mass is 285 g/mol. The second kappa shape index (κ2) is 5.81. The summed E-state index contributed by atoms with van der Waals surface area (Å²) in [6.45, 7) is 7.24. The van der Waals surface area contributed by atoms with E-state index in [9.17, 15) is 5.11 Å². The molecule has 2 unspecified atom stereocenters. The smallest absolute Gasteiger partial charge is 0.0844 e. The molecule has 5 heteroatoms. The molecule has 1 aromatic heterocycles. The van der Waals surface area contributed by atoms with E-state index in [1.807, 2.05) is 18.5 Å². The second-order valence-corrected chi connectivity index (χ2v) is 6.07. The van der Waals surface area contributed by atoms with Crippen molar-refractivity contribution in [3.05, 3.63) is 16.4 Å². The topological polar surface area (TPSA) is 50.1 Å². The Labute approximate surface area is 120 Å². The van der Waals surface area contributed by atoms with E-state index in [4.69, 9.17) is 11.6 Å². The normalized spacial score (nSPS) is 27.1. The fourth-order valence-corrected chi connectivity index (χ4v) is 3.18. The number of aliphatic hydroxyl groups is 1. The summed E-state index contributed by atoms with van der Waals surface area (Å²) in [6, 6.07) is 0.336. The van der Waals surface area contributed by atoms with Gasteiger partial charge in [0.05, 0.1) is 29.1 Å². The average molecular weight is 286 g/mol. The average Bonchev–Trinajstić information content (AvgIpc) is 2.95. The van der Waals surface area contributed by atoms with Gasteiger partial charge in [0.25, 0.3) is 0 Å². The van der Waals surface area contributed by atoms with Crippen molar-refractivity contribution in [3.63, 3.8) is 0 Å². The number of aromatic nitrogens is 2. The molecule has 1 heterocycles. The molecule has 0 spiro atoms. The molecule has 1 saturated carbocycles. The Bertz CT molecular complexity index is 446. The molecule has 2 N–H and O–H groups in total. The molecule has 19 heavy (non-hydrogen) atoms. The first-order chi connectivity index (χ1) is 9.03. The molecule has 0 bridgehead atoms. The molecule has 0 radical (unpaired) electrons. The second-order valence-electron chi connectivity index (χ2n) is 5.69. The summed E-state index contributed by atoms with van der Waals surface area (Å²) in [5.74, 6) is 0. The maximum atomic E-state index is 9.72. The number of nitrogens with one attached hydrogen (secondary N) is 1. The minimum Gasteiger partial charge on any atom is -0.394 e. The van der Waals surface area contributed by atoms with Crippen LogP contribution in [0.25, 0.3) is 0 Å². The van der Waals surface area contributed by atoms with Crippen molar-refractivity contribution in [1.29, 1.82) is 0 Å². The molecule has 1 aromatic rings. The van der Waals surface area contributed by atoms with Crippen molar-refractivity contribution in [2.75, 3.05) is 13.2 Å². The molecule has 0 aromatic carbocycles. The van der Waals surface area contributed by atoms with Crippen molar-refractivity contribution in [2.45, 2.75) is 58.0 Å². The molecular formula is C14H24ClN3O. The molecule has 4 nitrogen and oxygen atoms in total. The highest BCUT2D eigenvalue weighted by molar-refractivity contribution is 6.31. The van der Waals surface area contributed by atoms with Crippen LogP contribution in [0.5, 0.6) is 0 Å². The number of rotatable bonds is 5. The Morgan fingerprint density at radius 3 is 2.79 bits per heavy atom. The lowest BCUT2D eigenvalue weighted by Gasteiger charge is -2.28.